The second kappa shape index (κ2) is 6.34. The van der Waals surface area contributed by atoms with Gasteiger partial charge in [-0.3, -0.25) is 14.2 Å². The lowest BCUT2D eigenvalue weighted by atomic mass is 10.2. The Bertz CT molecular complexity index is 659. The highest BCUT2D eigenvalue weighted by Crippen LogP contribution is 2.13. The van der Waals surface area contributed by atoms with E-state index in [4.69, 9.17) is 4.74 Å². The third-order valence-electron chi connectivity index (χ3n) is 3.16. The Morgan fingerprint density at radius 1 is 1.45 bits per heavy atom. The number of halogens is 3. The number of ether oxygens (including phenoxy) is 1. The zero-order valence-corrected chi connectivity index (χ0v) is 11.4. The summed E-state index contributed by atoms with van der Waals surface area (Å²) in [6, 6.07) is 0. The van der Waals surface area contributed by atoms with E-state index in [-0.39, 0.29) is 12.6 Å². The van der Waals surface area contributed by atoms with Gasteiger partial charge in [-0.15, -0.1) is 0 Å². The molecule has 10 heteroatoms. The van der Waals surface area contributed by atoms with Crippen molar-refractivity contribution >= 4 is 5.91 Å². The highest BCUT2D eigenvalue weighted by Gasteiger charge is 2.29. The Morgan fingerprint density at radius 3 is 2.77 bits per heavy atom. The molecule has 0 bridgehead atoms. The molecule has 22 heavy (non-hydrogen) atoms. The minimum Gasteiger partial charge on any atom is -0.376 e. The van der Waals surface area contributed by atoms with Gasteiger partial charge < -0.3 is 15.0 Å². The van der Waals surface area contributed by atoms with Gasteiger partial charge >= 0.3 is 11.9 Å². The van der Waals surface area contributed by atoms with Gasteiger partial charge in [0.25, 0.3) is 11.5 Å². The van der Waals surface area contributed by atoms with E-state index in [9.17, 15) is 27.6 Å². The maximum atomic E-state index is 12.1. The van der Waals surface area contributed by atoms with E-state index >= 15 is 0 Å². The fraction of sp³-hybridized carbons (Fsp3) is 0.583. The normalized spacial score (nSPS) is 18.4. The summed E-state index contributed by atoms with van der Waals surface area (Å²) in [7, 11) is 0. The van der Waals surface area contributed by atoms with Crippen molar-refractivity contribution in [1.29, 1.82) is 0 Å². The van der Waals surface area contributed by atoms with Gasteiger partial charge in [0, 0.05) is 12.8 Å². The highest BCUT2D eigenvalue weighted by atomic mass is 19.4. The molecule has 2 heterocycles. The first kappa shape index (κ1) is 16.3. The van der Waals surface area contributed by atoms with Crippen molar-refractivity contribution in [3.05, 3.63) is 32.6 Å². The van der Waals surface area contributed by atoms with E-state index in [1.807, 2.05) is 0 Å². The fourth-order valence-corrected chi connectivity index (χ4v) is 2.11. The minimum absolute atomic E-state index is 0.0471. The molecular formula is C12H14F3N3O4. The van der Waals surface area contributed by atoms with Gasteiger partial charge in [-0.2, -0.15) is 13.2 Å². The van der Waals surface area contributed by atoms with Gasteiger partial charge in [-0.05, 0) is 12.8 Å². The van der Waals surface area contributed by atoms with Crippen molar-refractivity contribution in [1.82, 2.24) is 14.9 Å². The molecular weight excluding hydrogens is 307 g/mol. The van der Waals surface area contributed by atoms with Gasteiger partial charge in [0.1, 0.15) is 12.1 Å². The first-order chi connectivity index (χ1) is 10.3. The quantitative estimate of drug-likeness (QED) is 0.817. The van der Waals surface area contributed by atoms with E-state index in [0.29, 0.717) is 13.0 Å². The number of carbonyl (C=O) groups is 1. The maximum absolute atomic E-state index is 12.1. The van der Waals surface area contributed by atoms with Gasteiger partial charge in [-0.1, -0.05) is 0 Å². The second-order valence-electron chi connectivity index (χ2n) is 4.86. The summed E-state index contributed by atoms with van der Waals surface area (Å²) in [4.78, 5) is 37.6. The molecule has 0 saturated carbocycles. The smallest absolute Gasteiger partial charge is 0.376 e. The van der Waals surface area contributed by atoms with Crippen molar-refractivity contribution in [3.8, 4) is 0 Å². The van der Waals surface area contributed by atoms with Crippen LogP contribution in [0.2, 0.25) is 0 Å². The number of aromatic nitrogens is 2. The van der Waals surface area contributed by atoms with E-state index in [1.165, 1.54) is 0 Å². The Morgan fingerprint density at radius 2 is 2.18 bits per heavy atom. The number of hydrogen-bond acceptors (Lipinski definition) is 4. The summed E-state index contributed by atoms with van der Waals surface area (Å²) in [6.07, 6.45) is -2.65. The number of amides is 1. The number of rotatable bonds is 4. The first-order valence-electron chi connectivity index (χ1n) is 6.57. The third-order valence-corrected chi connectivity index (χ3v) is 3.16. The number of hydrogen-bond donors (Lipinski definition) is 2. The molecule has 1 atom stereocenters. The van der Waals surface area contributed by atoms with Crippen LogP contribution in [0.25, 0.3) is 0 Å². The lowest BCUT2D eigenvalue weighted by Gasteiger charge is -2.12. The topological polar surface area (TPSA) is 93.2 Å². The van der Waals surface area contributed by atoms with Crippen LogP contribution in [0.3, 0.4) is 0 Å². The predicted molar refractivity (Wildman–Crippen MR) is 68.7 cm³/mol. The number of H-pyrrole nitrogens is 1. The number of nitrogens with zero attached hydrogens (tertiary/aromatic N) is 1. The molecule has 2 rings (SSSR count). The van der Waals surface area contributed by atoms with Crippen LogP contribution >= 0.6 is 0 Å². The predicted octanol–water partition coefficient (Wildman–Crippen LogP) is 0.00770. The molecule has 0 aliphatic carbocycles. The number of alkyl halides is 3. The fourth-order valence-electron chi connectivity index (χ4n) is 2.11. The van der Waals surface area contributed by atoms with Crippen molar-refractivity contribution in [2.24, 2.45) is 0 Å². The van der Waals surface area contributed by atoms with Crippen LogP contribution in [0.5, 0.6) is 0 Å². The summed E-state index contributed by atoms with van der Waals surface area (Å²) in [5, 5.41) is 1.59. The van der Waals surface area contributed by atoms with Crippen LogP contribution in [0.1, 0.15) is 23.2 Å². The molecule has 1 aliphatic heterocycles. The molecule has 0 radical (unpaired) electrons. The SMILES string of the molecule is O=C(NCC(F)(F)F)c1c[nH]c(=O)n(CC2CCCO2)c1=O. The summed E-state index contributed by atoms with van der Waals surface area (Å²) < 4.78 is 42.3. The van der Waals surface area contributed by atoms with E-state index in [2.05, 4.69) is 4.98 Å². The largest absolute Gasteiger partial charge is 0.405 e. The number of nitrogens with one attached hydrogen (secondary N) is 2. The van der Waals surface area contributed by atoms with Gasteiger partial charge in [0.05, 0.1) is 12.6 Å². The molecule has 1 saturated heterocycles. The molecule has 7 nitrogen and oxygen atoms in total. The van der Waals surface area contributed by atoms with Crippen LogP contribution in [-0.2, 0) is 11.3 Å². The van der Waals surface area contributed by atoms with E-state index in [0.717, 1.165) is 17.2 Å². The molecule has 2 N–H and O–H groups in total. The average molecular weight is 321 g/mol. The summed E-state index contributed by atoms with van der Waals surface area (Å²) in [6.45, 7) is -1.09. The Hall–Kier alpha value is -2.10. The van der Waals surface area contributed by atoms with Crippen LogP contribution < -0.4 is 16.6 Å². The first-order valence-corrected chi connectivity index (χ1v) is 6.57. The Kier molecular flexibility index (Phi) is 4.69. The van der Waals surface area contributed by atoms with Crippen LogP contribution in [-0.4, -0.2) is 40.9 Å². The monoisotopic (exact) mass is 321 g/mol. The zero-order chi connectivity index (χ0) is 16.3. The maximum Gasteiger partial charge on any atom is 0.405 e. The lowest BCUT2D eigenvalue weighted by Crippen LogP contribution is -2.43. The van der Waals surface area contributed by atoms with Gasteiger partial charge in [0.15, 0.2) is 0 Å². The Balaban J connectivity index is 2.20. The molecule has 0 aromatic carbocycles. The lowest BCUT2D eigenvalue weighted by molar-refractivity contribution is -0.123. The molecule has 1 fully saturated rings. The molecule has 1 aromatic rings. The van der Waals surface area contributed by atoms with E-state index in [1.54, 1.807) is 5.32 Å². The minimum atomic E-state index is -4.59. The summed E-state index contributed by atoms with van der Waals surface area (Å²) in [5.74, 6) is -1.19. The van der Waals surface area contributed by atoms with Crippen molar-refractivity contribution in [2.75, 3.05) is 13.2 Å². The van der Waals surface area contributed by atoms with Gasteiger partial charge in [0.2, 0.25) is 0 Å². The summed E-state index contributed by atoms with van der Waals surface area (Å²) >= 11 is 0. The van der Waals surface area contributed by atoms with Crippen LogP contribution in [0.4, 0.5) is 13.2 Å². The molecule has 0 spiro atoms. The molecule has 1 aromatic heterocycles. The number of carbonyl (C=O) groups excluding carboxylic acids is 1. The number of aromatic amines is 1. The second-order valence-corrected chi connectivity index (χ2v) is 4.86. The molecule has 1 amide bonds. The molecule has 1 unspecified atom stereocenters. The average Bonchev–Trinajstić information content (AvgIpc) is 2.93. The van der Waals surface area contributed by atoms with Crippen LogP contribution in [0.15, 0.2) is 15.8 Å². The van der Waals surface area contributed by atoms with Gasteiger partial charge in [-0.25, -0.2) is 4.79 Å². The molecule has 122 valence electrons. The van der Waals surface area contributed by atoms with Crippen LogP contribution in [0, 0.1) is 0 Å². The standard InChI is InChI=1S/C12H14F3N3O4/c13-12(14,15)6-17-9(19)8-4-16-11(21)18(10(8)20)5-7-2-1-3-22-7/h4,7H,1-3,5-6H2,(H,16,21)(H,17,19). The van der Waals surface area contributed by atoms with Crippen molar-refractivity contribution < 1.29 is 22.7 Å². The molecule has 1 aliphatic rings. The highest BCUT2D eigenvalue weighted by molar-refractivity contribution is 5.93. The summed E-state index contributed by atoms with van der Waals surface area (Å²) in [5.41, 5.74) is -2.24. The van der Waals surface area contributed by atoms with E-state index < -0.39 is 35.4 Å². The Labute approximate surface area is 122 Å². The van der Waals surface area contributed by atoms with Crippen molar-refractivity contribution in [2.45, 2.75) is 31.7 Å². The van der Waals surface area contributed by atoms with Crippen molar-refractivity contribution in [3.63, 3.8) is 0 Å². The third kappa shape index (κ3) is 3.97. The zero-order valence-electron chi connectivity index (χ0n) is 11.4.